The zero-order chi connectivity index (χ0) is 24.6. The van der Waals surface area contributed by atoms with E-state index in [1.807, 2.05) is 54.6 Å². The standard InChI is InChI=1S/C29H32N2O3S/c1-4-17-33-25-13-9-10-14-26(25)34-20-28(32)31(19-22-11-7-6-8-12-22)29-30-24-16-15-23(21(3)5-2)18-27(24)35-29/h6-16,18,21H,4-5,17,19-20H2,1-3H3/t21-/m0/s1. The first-order valence-corrected chi connectivity index (χ1v) is 13.0. The zero-order valence-electron chi connectivity index (χ0n) is 20.6. The lowest BCUT2D eigenvalue weighted by Crippen LogP contribution is -2.34. The molecule has 6 heteroatoms. The van der Waals surface area contributed by atoms with Crippen molar-refractivity contribution in [3.8, 4) is 11.5 Å². The number of ether oxygens (including phenoxy) is 2. The van der Waals surface area contributed by atoms with Gasteiger partial charge in [0, 0.05) is 0 Å². The Balaban J connectivity index is 1.59. The molecule has 0 aliphatic rings. The van der Waals surface area contributed by atoms with Crippen molar-refractivity contribution in [2.45, 2.75) is 46.1 Å². The zero-order valence-corrected chi connectivity index (χ0v) is 21.4. The topological polar surface area (TPSA) is 51.7 Å². The number of benzene rings is 3. The number of aromatic nitrogens is 1. The van der Waals surface area contributed by atoms with Crippen LogP contribution in [0.5, 0.6) is 11.5 Å². The molecule has 1 heterocycles. The van der Waals surface area contributed by atoms with Crippen LogP contribution < -0.4 is 14.4 Å². The summed E-state index contributed by atoms with van der Waals surface area (Å²) in [6, 6.07) is 23.8. The fraction of sp³-hybridized carbons (Fsp3) is 0.310. The van der Waals surface area contributed by atoms with Gasteiger partial charge in [-0.1, -0.05) is 80.6 Å². The Morgan fingerprint density at radius 2 is 1.69 bits per heavy atom. The number of carbonyl (C=O) groups is 1. The van der Waals surface area contributed by atoms with Gasteiger partial charge in [-0.2, -0.15) is 0 Å². The first kappa shape index (κ1) is 24.7. The molecule has 0 aliphatic heterocycles. The maximum absolute atomic E-state index is 13.5. The molecule has 182 valence electrons. The number of anilines is 1. The number of fused-ring (bicyclic) bond motifs is 1. The molecule has 1 aromatic heterocycles. The van der Waals surface area contributed by atoms with E-state index in [0.29, 0.717) is 35.7 Å². The summed E-state index contributed by atoms with van der Waals surface area (Å²) in [5.41, 5.74) is 3.23. The van der Waals surface area contributed by atoms with E-state index in [9.17, 15) is 4.79 Å². The summed E-state index contributed by atoms with van der Waals surface area (Å²) in [4.78, 5) is 20.0. The van der Waals surface area contributed by atoms with Gasteiger partial charge >= 0.3 is 0 Å². The van der Waals surface area contributed by atoms with Gasteiger partial charge in [0.2, 0.25) is 0 Å². The van der Waals surface area contributed by atoms with Crippen LogP contribution in [0.4, 0.5) is 5.13 Å². The van der Waals surface area contributed by atoms with E-state index in [0.717, 1.165) is 28.6 Å². The third-order valence-corrected chi connectivity index (χ3v) is 7.00. The Morgan fingerprint density at radius 1 is 0.971 bits per heavy atom. The summed E-state index contributed by atoms with van der Waals surface area (Å²) in [7, 11) is 0. The molecule has 0 saturated heterocycles. The molecule has 0 fully saturated rings. The molecule has 5 nitrogen and oxygen atoms in total. The van der Waals surface area contributed by atoms with Crippen LogP contribution >= 0.6 is 11.3 Å². The number of hydrogen-bond donors (Lipinski definition) is 0. The third-order valence-electron chi connectivity index (χ3n) is 5.96. The lowest BCUT2D eigenvalue weighted by atomic mass is 9.99. The summed E-state index contributed by atoms with van der Waals surface area (Å²) in [6.45, 7) is 7.39. The molecule has 4 aromatic rings. The predicted molar refractivity (Wildman–Crippen MR) is 144 cm³/mol. The lowest BCUT2D eigenvalue weighted by molar-refractivity contribution is -0.120. The van der Waals surface area contributed by atoms with Crippen LogP contribution in [0.1, 0.15) is 50.7 Å². The van der Waals surface area contributed by atoms with Crippen LogP contribution in [0.25, 0.3) is 10.2 Å². The minimum atomic E-state index is -0.152. The average Bonchev–Trinajstić information content (AvgIpc) is 3.32. The van der Waals surface area contributed by atoms with Crippen LogP contribution in [0.15, 0.2) is 72.8 Å². The highest BCUT2D eigenvalue weighted by atomic mass is 32.1. The first-order valence-electron chi connectivity index (χ1n) is 12.2. The van der Waals surface area contributed by atoms with Gasteiger partial charge in [0.15, 0.2) is 23.2 Å². The Morgan fingerprint density at radius 3 is 2.40 bits per heavy atom. The van der Waals surface area contributed by atoms with Gasteiger partial charge in [-0.15, -0.1) is 0 Å². The quantitative estimate of drug-likeness (QED) is 0.224. The normalized spacial score (nSPS) is 11.9. The van der Waals surface area contributed by atoms with Crippen molar-refractivity contribution < 1.29 is 14.3 Å². The predicted octanol–water partition coefficient (Wildman–Crippen LogP) is 7.21. The molecule has 1 atom stereocenters. The molecule has 0 radical (unpaired) electrons. The number of hydrogen-bond acceptors (Lipinski definition) is 5. The Labute approximate surface area is 211 Å². The van der Waals surface area contributed by atoms with Crippen LogP contribution in [-0.4, -0.2) is 24.1 Å². The Hall–Kier alpha value is -3.38. The van der Waals surface area contributed by atoms with Crippen LogP contribution in [0.3, 0.4) is 0 Å². The number of thiazole rings is 1. The van der Waals surface area contributed by atoms with Crippen LogP contribution in [0.2, 0.25) is 0 Å². The maximum atomic E-state index is 13.5. The molecule has 0 unspecified atom stereocenters. The van der Waals surface area contributed by atoms with E-state index >= 15 is 0 Å². The van der Waals surface area contributed by atoms with Crippen LogP contribution in [-0.2, 0) is 11.3 Å². The number of amides is 1. The van der Waals surface area contributed by atoms with Crippen molar-refractivity contribution in [2.24, 2.45) is 0 Å². The van der Waals surface area contributed by atoms with Crippen molar-refractivity contribution in [1.82, 2.24) is 4.98 Å². The van der Waals surface area contributed by atoms with Crippen LogP contribution in [0, 0.1) is 0 Å². The summed E-state index contributed by atoms with van der Waals surface area (Å²) < 4.78 is 12.8. The highest BCUT2D eigenvalue weighted by Gasteiger charge is 2.22. The van der Waals surface area contributed by atoms with Gasteiger partial charge in [0.1, 0.15) is 0 Å². The van der Waals surface area contributed by atoms with Crippen molar-refractivity contribution >= 4 is 32.6 Å². The van der Waals surface area contributed by atoms with E-state index in [1.54, 1.807) is 16.2 Å². The summed E-state index contributed by atoms with van der Waals surface area (Å²) in [5.74, 6) is 1.54. The number of carbonyl (C=O) groups excluding carboxylic acids is 1. The minimum absolute atomic E-state index is 0.104. The smallest absolute Gasteiger partial charge is 0.267 e. The molecule has 35 heavy (non-hydrogen) atoms. The third kappa shape index (κ3) is 6.20. The maximum Gasteiger partial charge on any atom is 0.267 e. The van der Waals surface area contributed by atoms with Crippen molar-refractivity contribution in [3.05, 3.63) is 83.9 Å². The highest BCUT2D eigenvalue weighted by molar-refractivity contribution is 7.22. The fourth-order valence-corrected chi connectivity index (χ4v) is 4.76. The summed E-state index contributed by atoms with van der Waals surface area (Å²) in [6.07, 6.45) is 1.98. The number of para-hydroxylation sites is 2. The van der Waals surface area contributed by atoms with E-state index in [-0.39, 0.29) is 12.5 Å². The van der Waals surface area contributed by atoms with E-state index in [4.69, 9.17) is 14.5 Å². The second-order valence-electron chi connectivity index (χ2n) is 8.58. The molecule has 0 spiro atoms. The second kappa shape index (κ2) is 11.8. The number of nitrogens with zero attached hydrogens (tertiary/aromatic N) is 2. The van der Waals surface area contributed by atoms with Gasteiger partial charge < -0.3 is 9.47 Å². The average molecular weight is 489 g/mol. The molecule has 3 aromatic carbocycles. The number of rotatable bonds is 11. The monoisotopic (exact) mass is 488 g/mol. The van der Waals surface area contributed by atoms with Gasteiger partial charge in [-0.25, -0.2) is 4.98 Å². The largest absolute Gasteiger partial charge is 0.490 e. The van der Waals surface area contributed by atoms with Crippen molar-refractivity contribution in [3.63, 3.8) is 0 Å². The second-order valence-corrected chi connectivity index (χ2v) is 9.59. The Kier molecular flexibility index (Phi) is 8.37. The van der Waals surface area contributed by atoms with E-state index < -0.39 is 0 Å². The van der Waals surface area contributed by atoms with E-state index in [1.165, 1.54) is 5.56 Å². The molecule has 0 aliphatic carbocycles. The summed E-state index contributed by atoms with van der Waals surface area (Å²) in [5, 5.41) is 0.675. The molecular formula is C29H32N2O3S. The van der Waals surface area contributed by atoms with Gasteiger partial charge in [-0.05, 0) is 54.2 Å². The van der Waals surface area contributed by atoms with E-state index in [2.05, 4.69) is 39.0 Å². The van der Waals surface area contributed by atoms with Gasteiger partial charge in [0.25, 0.3) is 5.91 Å². The Bertz CT molecular complexity index is 1260. The first-order chi connectivity index (χ1) is 17.1. The van der Waals surface area contributed by atoms with Crippen molar-refractivity contribution in [2.75, 3.05) is 18.1 Å². The highest BCUT2D eigenvalue weighted by Crippen LogP contribution is 2.33. The van der Waals surface area contributed by atoms with Crippen molar-refractivity contribution in [1.29, 1.82) is 0 Å². The van der Waals surface area contributed by atoms with Gasteiger partial charge in [0.05, 0.1) is 23.4 Å². The fourth-order valence-electron chi connectivity index (χ4n) is 3.73. The minimum Gasteiger partial charge on any atom is -0.490 e. The molecule has 4 rings (SSSR count). The lowest BCUT2D eigenvalue weighted by Gasteiger charge is -2.20. The molecule has 0 saturated carbocycles. The SMILES string of the molecule is CCCOc1ccccc1OCC(=O)N(Cc1ccccc1)c1nc2ccc([C@@H](C)CC)cc2s1. The molecular weight excluding hydrogens is 456 g/mol. The summed E-state index contributed by atoms with van der Waals surface area (Å²) >= 11 is 1.54. The molecule has 0 N–H and O–H groups in total. The molecule has 0 bridgehead atoms. The molecule has 1 amide bonds. The van der Waals surface area contributed by atoms with Gasteiger partial charge in [-0.3, -0.25) is 9.69 Å².